The SMILES string of the molecule is COc1ccc(C(OCCN(C)C)c2ccccc2)cc1. The molecule has 0 saturated heterocycles. The van der Waals surface area contributed by atoms with Crippen LogP contribution in [0.25, 0.3) is 0 Å². The molecule has 0 aromatic heterocycles. The van der Waals surface area contributed by atoms with E-state index in [1.165, 1.54) is 5.56 Å². The van der Waals surface area contributed by atoms with E-state index in [4.69, 9.17) is 9.47 Å². The minimum absolute atomic E-state index is 0.0444. The predicted octanol–water partition coefficient (Wildman–Crippen LogP) is 3.36. The molecule has 1 unspecified atom stereocenters. The summed E-state index contributed by atoms with van der Waals surface area (Å²) >= 11 is 0. The molecule has 0 aliphatic rings. The van der Waals surface area contributed by atoms with Gasteiger partial charge < -0.3 is 14.4 Å². The molecule has 21 heavy (non-hydrogen) atoms. The van der Waals surface area contributed by atoms with Crippen molar-refractivity contribution in [3.8, 4) is 5.75 Å². The van der Waals surface area contributed by atoms with Crippen molar-refractivity contribution in [2.75, 3.05) is 34.4 Å². The van der Waals surface area contributed by atoms with Crippen LogP contribution in [0.3, 0.4) is 0 Å². The maximum Gasteiger partial charge on any atom is 0.118 e. The fourth-order valence-corrected chi connectivity index (χ4v) is 2.14. The number of ether oxygens (including phenoxy) is 2. The van der Waals surface area contributed by atoms with Gasteiger partial charge in [-0.15, -0.1) is 0 Å². The zero-order valence-electron chi connectivity index (χ0n) is 13.0. The Morgan fingerprint density at radius 3 is 2.10 bits per heavy atom. The average Bonchev–Trinajstić information content (AvgIpc) is 2.52. The first-order valence-electron chi connectivity index (χ1n) is 7.16. The van der Waals surface area contributed by atoms with Crippen LogP contribution >= 0.6 is 0 Å². The standard InChI is InChI=1S/C18H23NO2/c1-19(2)13-14-21-18(15-7-5-4-6-8-15)16-9-11-17(20-3)12-10-16/h4-12,18H,13-14H2,1-3H3. The van der Waals surface area contributed by atoms with Crippen LogP contribution in [-0.4, -0.2) is 39.3 Å². The number of nitrogens with zero attached hydrogens (tertiary/aromatic N) is 1. The third-order valence-electron chi connectivity index (χ3n) is 3.34. The summed E-state index contributed by atoms with van der Waals surface area (Å²) in [6.45, 7) is 1.60. The van der Waals surface area contributed by atoms with Crippen LogP contribution in [0.15, 0.2) is 54.6 Å². The molecule has 0 amide bonds. The first-order chi connectivity index (χ1) is 10.2. The first kappa shape index (κ1) is 15.5. The van der Waals surface area contributed by atoms with Crippen LogP contribution in [0, 0.1) is 0 Å². The molecule has 112 valence electrons. The van der Waals surface area contributed by atoms with Crippen LogP contribution in [0.1, 0.15) is 17.2 Å². The topological polar surface area (TPSA) is 21.7 Å². The van der Waals surface area contributed by atoms with E-state index in [9.17, 15) is 0 Å². The van der Waals surface area contributed by atoms with Gasteiger partial charge in [-0.05, 0) is 37.4 Å². The molecule has 0 aliphatic heterocycles. The Bertz CT molecular complexity index is 523. The van der Waals surface area contributed by atoms with Crippen molar-refractivity contribution in [3.05, 3.63) is 65.7 Å². The van der Waals surface area contributed by atoms with Crippen molar-refractivity contribution >= 4 is 0 Å². The van der Waals surface area contributed by atoms with Crippen molar-refractivity contribution in [1.29, 1.82) is 0 Å². The number of likely N-dealkylation sites (N-methyl/N-ethyl adjacent to an activating group) is 1. The average molecular weight is 285 g/mol. The van der Waals surface area contributed by atoms with Gasteiger partial charge in [-0.2, -0.15) is 0 Å². The zero-order chi connectivity index (χ0) is 15.1. The van der Waals surface area contributed by atoms with Crippen molar-refractivity contribution in [2.24, 2.45) is 0 Å². The number of hydrogen-bond donors (Lipinski definition) is 0. The molecule has 0 radical (unpaired) electrons. The molecule has 3 heteroatoms. The highest BCUT2D eigenvalue weighted by Crippen LogP contribution is 2.27. The van der Waals surface area contributed by atoms with E-state index in [1.807, 2.05) is 44.4 Å². The van der Waals surface area contributed by atoms with E-state index in [2.05, 4.69) is 29.2 Å². The van der Waals surface area contributed by atoms with Crippen molar-refractivity contribution in [3.63, 3.8) is 0 Å². The molecule has 0 spiro atoms. The van der Waals surface area contributed by atoms with Gasteiger partial charge in [0.05, 0.1) is 13.7 Å². The molecule has 2 rings (SSSR count). The molecular formula is C18H23NO2. The molecule has 2 aromatic carbocycles. The van der Waals surface area contributed by atoms with Crippen LogP contribution in [-0.2, 0) is 4.74 Å². The smallest absolute Gasteiger partial charge is 0.118 e. The third kappa shape index (κ3) is 4.59. The van der Waals surface area contributed by atoms with Crippen molar-refractivity contribution < 1.29 is 9.47 Å². The van der Waals surface area contributed by atoms with Crippen LogP contribution in [0.4, 0.5) is 0 Å². The normalized spacial score (nSPS) is 12.4. The van der Waals surface area contributed by atoms with Crippen molar-refractivity contribution in [1.82, 2.24) is 4.90 Å². The number of methoxy groups -OCH3 is 1. The zero-order valence-corrected chi connectivity index (χ0v) is 13.0. The van der Waals surface area contributed by atoms with Crippen LogP contribution < -0.4 is 4.74 Å². The molecule has 2 aromatic rings. The maximum atomic E-state index is 6.12. The monoisotopic (exact) mass is 285 g/mol. The Morgan fingerprint density at radius 1 is 0.905 bits per heavy atom. The van der Waals surface area contributed by atoms with E-state index in [-0.39, 0.29) is 6.10 Å². The Balaban J connectivity index is 2.18. The molecule has 0 N–H and O–H groups in total. The lowest BCUT2D eigenvalue weighted by Gasteiger charge is -2.20. The summed E-state index contributed by atoms with van der Waals surface area (Å²) in [6.07, 6.45) is -0.0444. The second-order valence-electron chi connectivity index (χ2n) is 5.24. The van der Waals surface area contributed by atoms with E-state index in [0.717, 1.165) is 17.9 Å². The van der Waals surface area contributed by atoms with Gasteiger partial charge in [-0.1, -0.05) is 42.5 Å². The van der Waals surface area contributed by atoms with Gasteiger partial charge in [0, 0.05) is 6.54 Å². The molecule has 0 saturated carbocycles. The molecule has 0 heterocycles. The van der Waals surface area contributed by atoms with Gasteiger partial charge in [-0.25, -0.2) is 0 Å². The lowest BCUT2D eigenvalue weighted by atomic mass is 10.0. The van der Waals surface area contributed by atoms with Crippen LogP contribution in [0.2, 0.25) is 0 Å². The molecule has 3 nitrogen and oxygen atoms in total. The quantitative estimate of drug-likeness (QED) is 0.778. The van der Waals surface area contributed by atoms with Gasteiger partial charge in [0.25, 0.3) is 0 Å². The predicted molar refractivity (Wildman–Crippen MR) is 85.8 cm³/mol. The number of rotatable bonds is 7. The molecular weight excluding hydrogens is 262 g/mol. The Kier molecular flexibility index (Phi) is 5.78. The molecule has 0 bridgehead atoms. The highest BCUT2D eigenvalue weighted by molar-refractivity contribution is 5.34. The first-order valence-corrected chi connectivity index (χ1v) is 7.16. The summed E-state index contributed by atoms with van der Waals surface area (Å²) in [6, 6.07) is 18.4. The van der Waals surface area contributed by atoms with E-state index < -0.39 is 0 Å². The largest absolute Gasteiger partial charge is 0.497 e. The molecule has 1 atom stereocenters. The molecule has 0 fully saturated rings. The van der Waals surface area contributed by atoms with Crippen molar-refractivity contribution in [2.45, 2.75) is 6.10 Å². The second-order valence-corrected chi connectivity index (χ2v) is 5.24. The number of hydrogen-bond acceptors (Lipinski definition) is 3. The Morgan fingerprint density at radius 2 is 1.52 bits per heavy atom. The second kappa shape index (κ2) is 7.81. The van der Waals surface area contributed by atoms with Gasteiger partial charge in [0.2, 0.25) is 0 Å². The van der Waals surface area contributed by atoms with Gasteiger partial charge >= 0.3 is 0 Å². The highest BCUT2D eigenvalue weighted by atomic mass is 16.5. The minimum atomic E-state index is -0.0444. The summed E-state index contributed by atoms with van der Waals surface area (Å²) in [5, 5.41) is 0. The van der Waals surface area contributed by atoms with E-state index in [1.54, 1.807) is 7.11 Å². The summed E-state index contributed by atoms with van der Waals surface area (Å²) in [5.74, 6) is 0.860. The molecule has 0 aliphatic carbocycles. The number of benzene rings is 2. The fourth-order valence-electron chi connectivity index (χ4n) is 2.14. The Hall–Kier alpha value is -1.84. The van der Waals surface area contributed by atoms with Gasteiger partial charge in [0.1, 0.15) is 11.9 Å². The summed E-state index contributed by atoms with van der Waals surface area (Å²) in [5.41, 5.74) is 2.31. The van der Waals surface area contributed by atoms with Gasteiger partial charge in [0.15, 0.2) is 0 Å². The highest BCUT2D eigenvalue weighted by Gasteiger charge is 2.14. The lowest BCUT2D eigenvalue weighted by Crippen LogP contribution is -2.20. The fraction of sp³-hybridized carbons (Fsp3) is 0.333. The maximum absolute atomic E-state index is 6.12. The summed E-state index contributed by atoms with van der Waals surface area (Å²) in [4.78, 5) is 2.12. The van der Waals surface area contributed by atoms with Crippen LogP contribution in [0.5, 0.6) is 5.75 Å². The Labute approximate surface area is 127 Å². The summed E-state index contributed by atoms with van der Waals surface area (Å²) < 4.78 is 11.3. The third-order valence-corrected chi connectivity index (χ3v) is 3.34. The summed E-state index contributed by atoms with van der Waals surface area (Å²) in [7, 11) is 5.78. The van der Waals surface area contributed by atoms with Gasteiger partial charge in [-0.3, -0.25) is 0 Å². The van der Waals surface area contributed by atoms with E-state index in [0.29, 0.717) is 6.61 Å². The van der Waals surface area contributed by atoms with E-state index >= 15 is 0 Å². The lowest BCUT2D eigenvalue weighted by molar-refractivity contribution is 0.0687. The minimum Gasteiger partial charge on any atom is -0.497 e.